The number of carbonyl (C=O) groups excluding carboxylic acids is 1. The van der Waals surface area contributed by atoms with E-state index in [0.717, 1.165) is 5.82 Å². The van der Waals surface area contributed by atoms with Crippen molar-refractivity contribution in [3.05, 3.63) is 23.8 Å². The zero-order chi connectivity index (χ0) is 27.3. The van der Waals surface area contributed by atoms with Crippen molar-refractivity contribution in [2.24, 2.45) is 5.92 Å². The quantitative estimate of drug-likeness (QED) is 0.333. The summed E-state index contributed by atoms with van der Waals surface area (Å²) in [6.45, 7) is 14.6. The van der Waals surface area contributed by atoms with Gasteiger partial charge in [0.25, 0.3) is 5.88 Å². The van der Waals surface area contributed by atoms with Gasteiger partial charge in [-0.1, -0.05) is 34.6 Å². The molecule has 0 fully saturated rings. The van der Waals surface area contributed by atoms with Crippen LogP contribution in [0.4, 0.5) is 16.6 Å². The van der Waals surface area contributed by atoms with Crippen LogP contribution in [0.25, 0.3) is 22.8 Å². The van der Waals surface area contributed by atoms with Crippen LogP contribution in [0.1, 0.15) is 53.1 Å². The van der Waals surface area contributed by atoms with Gasteiger partial charge in [0.05, 0.1) is 30.8 Å². The first kappa shape index (κ1) is 27.6. The molecule has 0 aliphatic rings. The third-order valence-corrected chi connectivity index (χ3v) is 5.28. The van der Waals surface area contributed by atoms with Crippen molar-refractivity contribution in [1.29, 1.82) is 0 Å². The van der Waals surface area contributed by atoms with Gasteiger partial charge < -0.3 is 30.8 Å². The summed E-state index contributed by atoms with van der Waals surface area (Å²) < 4.78 is 10.5. The number of ether oxygens (including phenoxy) is 2. The van der Waals surface area contributed by atoms with E-state index in [4.69, 9.17) is 20.2 Å². The minimum Gasteiger partial charge on any atom is -0.478 e. The Labute approximate surface area is 217 Å². The number of alkyl carbamates (subject to hydrolysis) is 1. The topological polar surface area (TPSA) is 166 Å². The molecule has 0 saturated carbocycles. The number of amides is 1. The number of hydrogen-bond donors (Lipinski definition) is 4. The molecule has 5 N–H and O–H groups in total. The summed E-state index contributed by atoms with van der Waals surface area (Å²) >= 11 is 0. The monoisotopic (exact) mass is 511 g/mol. The molecule has 0 aliphatic carbocycles. The molecule has 37 heavy (non-hydrogen) atoms. The first-order chi connectivity index (χ1) is 17.4. The lowest BCUT2D eigenvalue weighted by Gasteiger charge is -2.15. The number of nitrogens with one attached hydrogen (secondary N) is 3. The van der Waals surface area contributed by atoms with Gasteiger partial charge in [0.15, 0.2) is 5.82 Å². The van der Waals surface area contributed by atoms with E-state index in [1.165, 1.54) is 7.11 Å². The van der Waals surface area contributed by atoms with Gasteiger partial charge in [-0.15, -0.1) is 0 Å². The van der Waals surface area contributed by atoms with Crippen molar-refractivity contribution < 1.29 is 14.3 Å². The van der Waals surface area contributed by atoms with E-state index in [0.29, 0.717) is 47.6 Å². The van der Waals surface area contributed by atoms with Crippen molar-refractivity contribution >= 4 is 17.9 Å². The van der Waals surface area contributed by atoms with E-state index in [9.17, 15) is 4.79 Å². The van der Waals surface area contributed by atoms with E-state index in [-0.39, 0.29) is 29.1 Å². The van der Waals surface area contributed by atoms with Crippen LogP contribution in [0.5, 0.6) is 5.88 Å². The lowest BCUT2D eigenvalue weighted by Crippen LogP contribution is -2.38. The number of nitrogens with zero attached hydrogens (tertiary/aromatic N) is 5. The molecule has 12 nitrogen and oxygen atoms in total. The second-order valence-electron chi connectivity index (χ2n) is 10.3. The molecule has 200 valence electrons. The second-order valence-corrected chi connectivity index (χ2v) is 10.3. The van der Waals surface area contributed by atoms with Crippen LogP contribution in [-0.2, 0) is 10.2 Å². The number of aromatic amines is 1. The van der Waals surface area contributed by atoms with Crippen LogP contribution in [0.15, 0.2) is 12.3 Å². The average molecular weight is 512 g/mol. The Hall–Kier alpha value is -3.96. The van der Waals surface area contributed by atoms with Crippen molar-refractivity contribution in [2.45, 2.75) is 59.9 Å². The summed E-state index contributed by atoms with van der Waals surface area (Å²) in [5.41, 5.74) is 8.73. The molecule has 3 heterocycles. The first-order valence-electron chi connectivity index (χ1n) is 12.2. The van der Waals surface area contributed by atoms with E-state index < -0.39 is 6.09 Å². The summed E-state index contributed by atoms with van der Waals surface area (Å²) in [4.78, 5) is 38.2. The fourth-order valence-electron chi connectivity index (χ4n) is 3.35. The molecule has 0 saturated heterocycles. The highest BCUT2D eigenvalue weighted by molar-refractivity contribution is 5.77. The Morgan fingerprint density at radius 3 is 2.51 bits per heavy atom. The Morgan fingerprint density at radius 1 is 1.14 bits per heavy atom. The minimum absolute atomic E-state index is 0.208. The molecule has 0 radical (unpaired) electrons. The lowest BCUT2D eigenvalue weighted by molar-refractivity contribution is 0.130. The van der Waals surface area contributed by atoms with Gasteiger partial charge in [-0.25, -0.2) is 29.7 Å². The molecule has 0 unspecified atom stereocenters. The standard InChI is InChI=1S/C25H37N9O3/c1-13(2)12-37-24(35)29-14(3)11-28-23-27-10-9-16(31-23)18-19(34-22(33-18)25(5,6)7)17-15(4)30-20(26)21(32-17)36-8/h9-10,13-14H,11-12H2,1-8H3,(H2,26,30)(H,29,35)(H,33,34)(H,27,28,31)/t14-/m0/s1. The number of hydrogen-bond acceptors (Lipinski definition) is 10. The Bertz CT molecular complexity index is 1230. The number of nitrogens with two attached hydrogens (primary N) is 1. The van der Waals surface area contributed by atoms with Crippen LogP contribution < -0.4 is 21.1 Å². The van der Waals surface area contributed by atoms with Gasteiger partial charge in [0, 0.05) is 24.2 Å². The number of carbonyl (C=O) groups is 1. The largest absolute Gasteiger partial charge is 0.478 e. The molecular weight excluding hydrogens is 474 g/mol. The number of anilines is 2. The second kappa shape index (κ2) is 11.4. The minimum atomic E-state index is -0.455. The number of nitrogen functional groups attached to an aromatic ring is 1. The van der Waals surface area contributed by atoms with Crippen LogP contribution >= 0.6 is 0 Å². The number of imidazole rings is 1. The van der Waals surface area contributed by atoms with E-state index in [1.54, 1.807) is 12.3 Å². The third kappa shape index (κ3) is 7.05. The maximum atomic E-state index is 11.9. The van der Waals surface area contributed by atoms with E-state index >= 15 is 0 Å². The van der Waals surface area contributed by atoms with Gasteiger partial charge in [-0.05, 0) is 25.8 Å². The van der Waals surface area contributed by atoms with Crippen molar-refractivity contribution in [3.8, 4) is 28.7 Å². The lowest BCUT2D eigenvalue weighted by atomic mass is 9.96. The highest BCUT2D eigenvalue weighted by Gasteiger charge is 2.26. The fraction of sp³-hybridized carbons (Fsp3) is 0.520. The predicted molar refractivity (Wildman–Crippen MR) is 142 cm³/mol. The molecule has 0 bridgehead atoms. The van der Waals surface area contributed by atoms with Crippen molar-refractivity contribution in [2.75, 3.05) is 31.3 Å². The number of H-pyrrole nitrogens is 1. The molecule has 1 amide bonds. The predicted octanol–water partition coefficient (Wildman–Crippen LogP) is 3.70. The number of aryl methyl sites for hydroxylation is 1. The van der Waals surface area contributed by atoms with Gasteiger partial charge in [0.1, 0.15) is 17.2 Å². The maximum Gasteiger partial charge on any atom is 0.407 e. The summed E-state index contributed by atoms with van der Waals surface area (Å²) in [5.74, 6) is 1.87. The average Bonchev–Trinajstić information content (AvgIpc) is 3.28. The van der Waals surface area contributed by atoms with Gasteiger partial charge >= 0.3 is 6.09 Å². The van der Waals surface area contributed by atoms with Crippen LogP contribution in [0.2, 0.25) is 0 Å². The first-order valence-corrected chi connectivity index (χ1v) is 12.2. The van der Waals surface area contributed by atoms with E-state index in [1.807, 2.05) is 27.7 Å². The van der Waals surface area contributed by atoms with Gasteiger partial charge in [0.2, 0.25) is 5.95 Å². The molecule has 3 aromatic rings. The zero-order valence-electron chi connectivity index (χ0n) is 22.8. The van der Waals surface area contributed by atoms with Crippen molar-refractivity contribution in [3.63, 3.8) is 0 Å². The Balaban J connectivity index is 1.89. The summed E-state index contributed by atoms with van der Waals surface area (Å²) in [6.07, 6.45) is 1.20. The summed E-state index contributed by atoms with van der Waals surface area (Å²) in [6, 6.07) is 1.57. The third-order valence-electron chi connectivity index (χ3n) is 5.28. The molecule has 12 heteroatoms. The molecule has 3 aromatic heterocycles. The molecular formula is C25H37N9O3. The molecule has 0 aliphatic heterocycles. The number of methoxy groups -OCH3 is 1. The molecule has 1 atom stereocenters. The number of rotatable bonds is 9. The van der Waals surface area contributed by atoms with Crippen molar-refractivity contribution in [1.82, 2.24) is 35.2 Å². The SMILES string of the molecule is COc1nc(-c2[nH]c(C(C)(C)C)nc2-c2ccnc(NC[C@H](C)NC(=O)OCC(C)C)n2)c(C)nc1N. The Kier molecular flexibility index (Phi) is 8.51. The zero-order valence-corrected chi connectivity index (χ0v) is 22.8. The highest BCUT2D eigenvalue weighted by Crippen LogP contribution is 2.34. The Morgan fingerprint density at radius 2 is 1.86 bits per heavy atom. The van der Waals surface area contributed by atoms with Gasteiger partial charge in [-0.3, -0.25) is 0 Å². The number of aromatic nitrogens is 6. The highest BCUT2D eigenvalue weighted by atomic mass is 16.5. The smallest absolute Gasteiger partial charge is 0.407 e. The van der Waals surface area contributed by atoms with Crippen LogP contribution in [0, 0.1) is 12.8 Å². The molecule has 0 aromatic carbocycles. The molecule has 0 spiro atoms. The maximum absolute atomic E-state index is 11.9. The van der Waals surface area contributed by atoms with Gasteiger partial charge in [-0.2, -0.15) is 0 Å². The summed E-state index contributed by atoms with van der Waals surface area (Å²) in [7, 11) is 1.50. The molecule has 3 rings (SSSR count). The normalized spacial score (nSPS) is 12.4. The van der Waals surface area contributed by atoms with Crippen LogP contribution in [0.3, 0.4) is 0 Å². The summed E-state index contributed by atoms with van der Waals surface area (Å²) in [5, 5.41) is 5.95. The fourth-order valence-corrected chi connectivity index (χ4v) is 3.35. The van der Waals surface area contributed by atoms with E-state index in [2.05, 4.69) is 56.3 Å². The van der Waals surface area contributed by atoms with Crippen LogP contribution in [-0.4, -0.2) is 62.3 Å².